The van der Waals surface area contributed by atoms with Crippen molar-refractivity contribution in [2.24, 2.45) is 11.8 Å². The van der Waals surface area contributed by atoms with E-state index in [9.17, 15) is 9.59 Å². The first-order chi connectivity index (χ1) is 8.69. The van der Waals surface area contributed by atoms with Crippen molar-refractivity contribution in [3.8, 4) is 0 Å². The molecule has 2 aliphatic rings. The Morgan fingerprint density at radius 1 is 1.28 bits per heavy atom. The minimum atomic E-state index is -0.386. The van der Waals surface area contributed by atoms with Crippen LogP contribution in [0.15, 0.2) is 0 Å². The summed E-state index contributed by atoms with van der Waals surface area (Å²) in [5.41, 5.74) is 0. The minimum absolute atomic E-state index is 0.212. The topological polar surface area (TPSA) is 73.5 Å². The second-order valence-electron chi connectivity index (χ2n) is 5.18. The van der Waals surface area contributed by atoms with Gasteiger partial charge in [-0.2, -0.15) is 0 Å². The fourth-order valence-electron chi connectivity index (χ4n) is 2.73. The van der Waals surface area contributed by atoms with Crippen LogP contribution in [0.5, 0.6) is 0 Å². The van der Waals surface area contributed by atoms with Gasteiger partial charge in [-0.25, -0.2) is 4.79 Å². The number of carbonyl (C=O) groups excluding carboxylic acids is 2. The Balaban J connectivity index is 1.67. The number of nitrogens with zero attached hydrogens (tertiary/aromatic N) is 1. The molecule has 0 aliphatic carbocycles. The smallest absolute Gasteiger partial charge is 0.321 e. The van der Waals surface area contributed by atoms with E-state index < -0.39 is 0 Å². The summed E-state index contributed by atoms with van der Waals surface area (Å²) in [6, 6.07) is -0.386. The molecule has 2 heterocycles. The number of carbonyl (C=O) groups is 2. The van der Waals surface area contributed by atoms with Gasteiger partial charge >= 0.3 is 6.03 Å². The van der Waals surface area contributed by atoms with E-state index in [1.807, 2.05) is 6.92 Å². The maximum absolute atomic E-state index is 11.7. The van der Waals surface area contributed by atoms with Crippen molar-refractivity contribution >= 4 is 11.9 Å². The number of hydrogen-bond acceptors (Lipinski definition) is 4. The standard InChI is InChI=1S/C12H22N4O2/c1-2-3-14-12(18)15-11(17)8-16-6-9-4-13-5-10(9)7-16/h9-10,13H,2-8H2,1H3,(H2,14,15,17,18)/t9-,10+. The average molecular weight is 254 g/mol. The lowest BCUT2D eigenvalue weighted by atomic mass is 10.0. The highest BCUT2D eigenvalue weighted by Crippen LogP contribution is 2.25. The van der Waals surface area contributed by atoms with E-state index in [2.05, 4.69) is 20.9 Å². The Bertz CT molecular complexity index is 309. The summed E-state index contributed by atoms with van der Waals surface area (Å²) in [6.07, 6.45) is 0.865. The van der Waals surface area contributed by atoms with E-state index >= 15 is 0 Å². The van der Waals surface area contributed by atoms with Gasteiger partial charge in [0.2, 0.25) is 5.91 Å². The summed E-state index contributed by atoms with van der Waals surface area (Å²) < 4.78 is 0. The molecule has 102 valence electrons. The predicted octanol–water partition coefficient (Wildman–Crippen LogP) is -0.627. The number of likely N-dealkylation sites (tertiary alicyclic amines) is 1. The van der Waals surface area contributed by atoms with Crippen LogP contribution in [0.4, 0.5) is 4.79 Å². The number of amides is 3. The third-order valence-electron chi connectivity index (χ3n) is 3.62. The SMILES string of the molecule is CCCNC(=O)NC(=O)CN1C[C@H]2CNC[C@H]2C1. The quantitative estimate of drug-likeness (QED) is 0.625. The summed E-state index contributed by atoms with van der Waals surface area (Å²) in [5, 5.41) is 8.35. The molecule has 3 amide bonds. The largest absolute Gasteiger partial charge is 0.338 e. The van der Waals surface area contributed by atoms with Crippen molar-refractivity contribution in [1.29, 1.82) is 0 Å². The van der Waals surface area contributed by atoms with E-state index in [-0.39, 0.29) is 11.9 Å². The van der Waals surface area contributed by atoms with Gasteiger partial charge in [0.25, 0.3) is 0 Å². The Hall–Kier alpha value is -1.14. The van der Waals surface area contributed by atoms with E-state index in [0.717, 1.165) is 32.6 Å². The number of imide groups is 1. The van der Waals surface area contributed by atoms with Crippen LogP contribution in [0.3, 0.4) is 0 Å². The number of hydrogen-bond donors (Lipinski definition) is 3. The van der Waals surface area contributed by atoms with Crippen LogP contribution in [0.25, 0.3) is 0 Å². The van der Waals surface area contributed by atoms with Crippen LogP contribution in [-0.2, 0) is 4.79 Å². The molecule has 3 N–H and O–H groups in total. The molecule has 0 radical (unpaired) electrons. The van der Waals surface area contributed by atoms with Crippen molar-refractivity contribution < 1.29 is 9.59 Å². The summed E-state index contributed by atoms with van der Waals surface area (Å²) in [6.45, 7) is 6.92. The van der Waals surface area contributed by atoms with Gasteiger partial charge < -0.3 is 10.6 Å². The van der Waals surface area contributed by atoms with E-state index in [1.54, 1.807) is 0 Å². The van der Waals surface area contributed by atoms with Gasteiger partial charge in [-0.1, -0.05) is 6.92 Å². The van der Waals surface area contributed by atoms with Gasteiger partial charge in [-0.3, -0.25) is 15.0 Å². The van der Waals surface area contributed by atoms with Gasteiger partial charge in [0, 0.05) is 19.6 Å². The zero-order valence-electron chi connectivity index (χ0n) is 10.9. The average Bonchev–Trinajstić information content (AvgIpc) is 2.86. The molecule has 2 aliphatic heterocycles. The third kappa shape index (κ3) is 3.43. The second-order valence-corrected chi connectivity index (χ2v) is 5.18. The summed E-state index contributed by atoms with van der Waals surface area (Å²) in [4.78, 5) is 25.1. The monoisotopic (exact) mass is 254 g/mol. The fraction of sp³-hybridized carbons (Fsp3) is 0.833. The Kier molecular flexibility index (Phi) is 4.54. The Morgan fingerprint density at radius 3 is 2.56 bits per heavy atom. The molecule has 0 spiro atoms. The highest BCUT2D eigenvalue weighted by molar-refractivity contribution is 5.95. The number of urea groups is 1. The molecule has 2 atom stereocenters. The molecule has 6 heteroatoms. The molecule has 6 nitrogen and oxygen atoms in total. The number of fused-ring (bicyclic) bond motifs is 1. The van der Waals surface area contributed by atoms with Crippen molar-refractivity contribution in [1.82, 2.24) is 20.9 Å². The third-order valence-corrected chi connectivity index (χ3v) is 3.62. The molecule has 0 aromatic carbocycles. The summed E-state index contributed by atoms with van der Waals surface area (Å²) >= 11 is 0. The predicted molar refractivity (Wildman–Crippen MR) is 68.1 cm³/mol. The lowest BCUT2D eigenvalue weighted by molar-refractivity contribution is -0.121. The first kappa shape index (κ1) is 13.3. The Morgan fingerprint density at radius 2 is 1.94 bits per heavy atom. The van der Waals surface area contributed by atoms with Gasteiger partial charge in [0.15, 0.2) is 0 Å². The van der Waals surface area contributed by atoms with Crippen molar-refractivity contribution in [3.63, 3.8) is 0 Å². The zero-order chi connectivity index (χ0) is 13.0. The minimum Gasteiger partial charge on any atom is -0.338 e. The van der Waals surface area contributed by atoms with Gasteiger partial charge in [-0.05, 0) is 31.3 Å². The van der Waals surface area contributed by atoms with Gasteiger partial charge in [0.05, 0.1) is 6.54 Å². The molecule has 0 aromatic rings. The fourth-order valence-corrected chi connectivity index (χ4v) is 2.73. The van der Waals surface area contributed by atoms with E-state index in [1.165, 1.54) is 0 Å². The molecule has 2 saturated heterocycles. The Labute approximate surface area is 107 Å². The number of nitrogens with one attached hydrogen (secondary N) is 3. The van der Waals surface area contributed by atoms with E-state index in [4.69, 9.17) is 0 Å². The summed E-state index contributed by atoms with van der Waals surface area (Å²) in [7, 11) is 0. The van der Waals surface area contributed by atoms with Crippen molar-refractivity contribution in [2.75, 3.05) is 39.3 Å². The van der Waals surface area contributed by atoms with Gasteiger partial charge in [-0.15, -0.1) is 0 Å². The zero-order valence-corrected chi connectivity index (χ0v) is 10.9. The van der Waals surface area contributed by atoms with Crippen molar-refractivity contribution in [2.45, 2.75) is 13.3 Å². The van der Waals surface area contributed by atoms with Crippen LogP contribution in [0.1, 0.15) is 13.3 Å². The van der Waals surface area contributed by atoms with E-state index in [0.29, 0.717) is 24.9 Å². The second kappa shape index (κ2) is 6.15. The normalized spacial score (nSPS) is 26.9. The molecule has 0 saturated carbocycles. The number of rotatable bonds is 4. The highest BCUT2D eigenvalue weighted by atomic mass is 16.2. The molecular formula is C12H22N4O2. The van der Waals surface area contributed by atoms with Crippen LogP contribution in [0, 0.1) is 11.8 Å². The van der Waals surface area contributed by atoms with Crippen molar-refractivity contribution in [3.05, 3.63) is 0 Å². The molecular weight excluding hydrogens is 232 g/mol. The van der Waals surface area contributed by atoms with Crippen LogP contribution in [0.2, 0.25) is 0 Å². The first-order valence-electron chi connectivity index (χ1n) is 6.69. The molecule has 0 bridgehead atoms. The van der Waals surface area contributed by atoms with Crippen LogP contribution in [-0.4, -0.2) is 56.1 Å². The lowest BCUT2D eigenvalue weighted by Gasteiger charge is -2.16. The molecule has 2 rings (SSSR count). The molecule has 0 unspecified atom stereocenters. The van der Waals surface area contributed by atoms with Gasteiger partial charge in [0.1, 0.15) is 0 Å². The molecule has 0 aromatic heterocycles. The molecule has 18 heavy (non-hydrogen) atoms. The maximum Gasteiger partial charge on any atom is 0.321 e. The van der Waals surface area contributed by atoms with Crippen LogP contribution < -0.4 is 16.0 Å². The first-order valence-corrected chi connectivity index (χ1v) is 6.69. The lowest BCUT2D eigenvalue weighted by Crippen LogP contribution is -2.44. The maximum atomic E-state index is 11.7. The highest BCUT2D eigenvalue weighted by Gasteiger charge is 2.36. The summed E-state index contributed by atoms with van der Waals surface area (Å²) in [5.74, 6) is 1.13. The molecule has 2 fully saturated rings. The van der Waals surface area contributed by atoms with Crippen LogP contribution >= 0.6 is 0 Å².